The normalized spacial score (nSPS) is 28.4. The lowest BCUT2D eigenvalue weighted by molar-refractivity contribution is -0.921. The number of alkyl carbamates (subject to hydrolysis) is 1. The molecule has 3 aromatic rings. The molecule has 0 spiro atoms. The molecule has 4 unspecified atom stereocenters. The van der Waals surface area contributed by atoms with E-state index in [-0.39, 0.29) is 11.3 Å². The van der Waals surface area contributed by atoms with Gasteiger partial charge in [-0.15, -0.1) is 11.3 Å². The number of carbonyl (C=O) groups is 2. The van der Waals surface area contributed by atoms with Crippen molar-refractivity contribution in [1.82, 2.24) is 5.32 Å². The third-order valence-electron chi connectivity index (χ3n) is 8.27. The van der Waals surface area contributed by atoms with E-state index in [1.807, 2.05) is 23.6 Å². The van der Waals surface area contributed by atoms with Gasteiger partial charge in [0.2, 0.25) is 5.78 Å². The predicted octanol–water partition coefficient (Wildman–Crippen LogP) is 5.68. The SMILES string of the molecule is O=C(N[C@]12C[N+]3(CC(=O)c4cccs4)CCC1C2C3)OC(c1ccccc1)c1ccc(C(F)(F)F)cc1. The van der Waals surface area contributed by atoms with E-state index in [1.165, 1.54) is 23.5 Å². The van der Waals surface area contributed by atoms with Crippen LogP contribution in [-0.2, 0) is 10.9 Å². The number of nitrogens with zero attached hydrogens (tertiary/aromatic N) is 1. The number of hydrogen-bond acceptors (Lipinski definition) is 4. The number of hydrogen-bond donors (Lipinski definition) is 1. The molecule has 4 heterocycles. The standard InChI is InChI=1S/C28H25F3N2O3S/c29-28(30,31)20-10-8-19(9-11-20)25(18-5-2-1-3-6-18)36-26(35)32-27-17-33(13-12-21(27)22(27)15-33)16-23(34)24-7-4-14-37-24/h1-11,14,21-22,25H,12-13,15-17H2/p+1/t21?,22?,25?,27-,33?/m1/s1. The summed E-state index contributed by atoms with van der Waals surface area (Å²) in [6.07, 6.45) is -4.93. The molecular formula is C28H26F3N2O3S+. The Morgan fingerprint density at radius 3 is 2.43 bits per heavy atom. The van der Waals surface area contributed by atoms with Crippen molar-refractivity contribution in [2.24, 2.45) is 11.8 Å². The molecule has 1 amide bonds. The van der Waals surface area contributed by atoms with Crippen LogP contribution in [0.3, 0.4) is 0 Å². The van der Waals surface area contributed by atoms with Crippen LogP contribution < -0.4 is 5.32 Å². The molecule has 5 atom stereocenters. The first-order valence-electron chi connectivity index (χ1n) is 12.3. The van der Waals surface area contributed by atoms with Crippen molar-refractivity contribution >= 4 is 23.2 Å². The van der Waals surface area contributed by atoms with Crippen LogP contribution in [0.25, 0.3) is 0 Å². The Morgan fingerprint density at radius 2 is 1.76 bits per heavy atom. The van der Waals surface area contributed by atoms with Crippen LogP contribution in [0.5, 0.6) is 0 Å². The zero-order valence-electron chi connectivity index (χ0n) is 19.9. The van der Waals surface area contributed by atoms with E-state index in [9.17, 15) is 22.8 Å². The van der Waals surface area contributed by atoms with Crippen LogP contribution in [0.4, 0.5) is 18.0 Å². The summed E-state index contributed by atoms with van der Waals surface area (Å²) in [5, 5.41) is 5.04. The van der Waals surface area contributed by atoms with Crippen LogP contribution in [0.2, 0.25) is 0 Å². The third-order valence-corrected chi connectivity index (χ3v) is 9.18. The van der Waals surface area contributed by atoms with Crippen molar-refractivity contribution in [3.63, 3.8) is 0 Å². The molecule has 4 aliphatic rings. The van der Waals surface area contributed by atoms with Gasteiger partial charge in [-0.1, -0.05) is 48.5 Å². The number of benzene rings is 2. The molecular weight excluding hydrogens is 501 g/mol. The average molecular weight is 528 g/mol. The lowest BCUT2D eigenvalue weighted by atomic mass is 10.00. The van der Waals surface area contributed by atoms with Crippen molar-refractivity contribution in [2.75, 3.05) is 26.2 Å². The maximum Gasteiger partial charge on any atom is 0.416 e. The monoisotopic (exact) mass is 527 g/mol. The Hall–Kier alpha value is -3.17. The Balaban J connectivity index is 1.18. The van der Waals surface area contributed by atoms with Gasteiger partial charge in [0.05, 0.1) is 23.5 Å². The minimum atomic E-state index is -4.44. The van der Waals surface area contributed by atoms with E-state index in [4.69, 9.17) is 4.74 Å². The number of rotatable bonds is 7. The van der Waals surface area contributed by atoms with Crippen molar-refractivity contribution < 1.29 is 32.0 Å². The van der Waals surface area contributed by atoms with E-state index < -0.39 is 23.9 Å². The van der Waals surface area contributed by atoms with Crippen molar-refractivity contribution in [3.05, 3.63) is 93.7 Å². The summed E-state index contributed by atoms with van der Waals surface area (Å²) in [4.78, 5) is 26.8. The molecule has 7 rings (SSSR count). The largest absolute Gasteiger partial charge is 0.436 e. The topological polar surface area (TPSA) is 55.4 Å². The molecule has 1 aromatic heterocycles. The van der Waals surface area contributed by atoms with Gasteiger partial charge in [-0.2, -0.15) is 13.2 Å². The highest BCUT2D eigenvalue weighted by molar-refractivity contribution is 7.12. The number of ketones is 1. The lowest BCUT2D eigenvalue weighted by Crippen LogP contribution is -2.59. The fraction of sp³-hybridized carbons (Fsp3) is 0.357. The number of carbonyl (C=O) groups excluding carboxylic acids is 2. The van der Waals surface area contributed by atoms with Gasteiger partial charge in [-0.25, -0.2) is 4.79 Å². The zero-order chi connectivity index (χ0) is 25.8. The van der Waals surface area contributed by atoms with Gasteiger partial charge in [0, 0.05) is 18.3 Å². The van der Waals surface area contributed by atoms with Gasteiger partial charge >= 0.3 is 12.3 Å². The fourth-order valence-electron chi connectivity index (χ4n) is 6.58. The van der Waals surface area contributed by atoms with Crippen LogP contribution in [-0.4, -0.2) is 48.1 Å². The Bertz CT molecular complexity index is 1310. The molecule has 5 nitrogen and oxygen atoms in total. The number of piperidine rings is 3. The Labute approximate surface area is 216 Å². The maximum absolute atomic E-state index is 13.2. The highest BCUT2D eigenvalue weighted by atomic mass is 32.1. The first-order valence-corrected chi connectivity index (χ1v) is 13.2. The van der Waals surface area contributed by atoms with Crippen molar-refractivity contribution in [3.8, 4) is 0 Å². The van der Waals surface area contributed by atoms with Gasteiger partial charge in [0.15, 0.2) is 6.10 Å². The molecule has 1 N–H and O–H groups in total. The van der Waals surface area contributed by atoms with Gasteiger partial charge in [0.1, 0.15) is 18.6 Å². The number of alkyl halides is 3. The predicted molar refractivity (Wildman–Crippen MR) is 132 cm³/mol. The second-order valence-electron chi connectivity index (χ2n) is 10.4. The molecule has 0 radical (unpaired) electrons. The summed E-state index contributed by atoms with van der Waals surface area (Å²) in [6.45, 7) is 2.92. The summed E-state index contributed by atoms with van der Waals surface area (Å²) in [5.41, 5.74) is -0.00815. The van der Waals surface area contributed by atoms with Gasteiger partial charge in [-0.05, 0) is 34.7 Å². The van der Waals surface area contributed by atoms with E-state index in [0.717, 1.165) is 36.5 Å². The average Bonchev–Trinajstić information content (AvgIpc) is 3.22. The highest BCUT2D eigenvalue weighted by Crippen LogP contribution is 2.63. The molecule has 9 heteroatoms. The fourth-order valence-corrected chi connectivity index (χ4v) is 7.24. The van der Waals surface area contributed by atoms with Gasteiger partial charge in [0.25, 0.3) is 0 Å². The van der Waals surface area contributed by atoms with Crippen molar-refractivity contribution in [1.29, 1.82) is 0 Å². The van der Waals surface area contributed by atoms with Crippen LogP contribution in [0, 0.1) is 11.8 Å². The first kappa shape index (κ1) is 24.2. The minimum absolute atomic E-state index is 0.138. The number of amides is 1. The summed E-state index contributed by atoms with van der Waals surface area (Å²) < 4.78 is 45.8. The number of halogens is 3. The number of Topliss-reactive ketones (excluding diaryl/α,β-unsaturated/α-hetero) is 1. The van der Waals surface area contributed by atoms with E-state index in [2.05, 4.69) is 5.32 Å². The van der Waals surface area contributed by atoms with E-state index in [1.54, 1.807) is 24.3 Å². The molecule has 4 fully saturated rings. The number of nitrogens with one attached hydrogen (secondary N) is 1. The second-order valence-corrected chi connectivity index (χ2v) is 11.4. The second kappa shape index (κ2) is 8.70. The smallest absolute Gasteiger partial charge is 0.416 e. The molecule has 37 heavy (non-hydrogen) atoms. The van der Waals surface area contributed by atoms with E-state index >= 15 is 0 Å². The number of thiophene rings is 1. The third kappa shape index (κ3) is 4.34. The lowest BCUT2D eigenvalue weighted by Gasteiger charge is -2.41. The quantitative estimate of drug-likeness (QED) is 0.318. The number of ether oxygens (including phenoxy) is 1. The van der Waals surface area contributed by atoms with E-state index in [0.29, 0.717) is 40.5 Å². The summed E-state index contributed by atoms with van der Waals surface area (Å²) >= 11 is 1.45. The molecule has 4 bridgehead atoms. The van der Waals surface area contributed by atoms with Gasteiger partial charge < -0.3 is 14.5 Å². The number of quaternary nitrogens is 1. The molecule has 2 aromatic carbocycles. The van der Waals surface area contributed by atoms with Crippen LogP contribution in [0.15, 0.2) is 72.1 Å². The van der Waals surface area contributed by atoms with Crippen LogP contribution in [0.1, 0.15) is 38.9 Å². The molecule has 3 aliphatic heterocycles. The van der Waals surface area contributed by atoms with Crippen molar-refractivity contribution in [2.45, 2.75) is 24.2 Å². The Morgan fingerprint density at radius 1 is 1.03 bits per heavy atom. The number of fused-ring (bicyclic) bond motifs is 1. The minimum Gasteiger partial charge on any atom is -0.436 e. The summed E-state index contributed by atoms with van der Waals surface area (Å²) in [7, 11) is 0. The zero-order valence-corrected chi connectivity index (χ0v) is 20.7. The summed E-state index contributed by atoms with van der Waals surface area (Å²) in [6, 6.07) is 17.4. The van der Waals surface area contributed by atoms with Gasteiger partial charge in [-0.3, -0.25) is 4.79 Å². The molecule has 192 valence electrons. The van der Waals surface area contributed by atoms with Crippen LogP contribution >= 0.6 is 11.3 Å². The molecule has 1 aliphatic carbocycles. The molecule has 3 saturated heterocycles. The summed E-state index contributed by atoms with van der Waals surface area (Å²) in [5.74, 6) is 0.822. The first-order chi connectivity index (χ1) is 17.7. The maximum atomic E-state index is 13.2. The highest BCUT2D eigenvalue weighted by Gasteiger charge is 2.78. The Kier molecular flexibility index (Phi) is 5.69. The molecule has 1 saturated carbocycles.